The van der Waals surface area contributed by atoms with Crippen LogP contribution in [0.1, 0.15) is 0 Å². The number of hydrogen-bond donors (Lipinski definition) is 1. The fourth-order valence-electron chi connectivity index (χ4n) is 0.752. The van der Waals surface area contributed by atoms with Gasteiger partial charge in [0.05, 0.1) is 7.11 Å². The molecule has 0 radical (unpaired) electrons. The SMILES string of the molecule is COC(=O)C1SCCN1O. The van der Waals surface area contributed by atoms with E-state index in [0.29, 0.717) is 6.54 Å². The van der Waals surface area contributed by atoms with Crippen LogP contribution in [0.25, 0.3) is 0 Å². The molecule has 4 nitrogen and oxygen atoms in total. The summed E-state index contributed by atoms with van der Waals surface area (Å²) in [6.07, 6.45) is 0. The Morgan fingerprint density at radius 1 is 1.90 bits per heavy atom. The van der Waals surface area contributed by atoms with Gasteiger partial charge < -0.3 is 9.94 Å². The summed E-state index contributed by atoms with van der Waals surface area (Å²) in [5.41, 5.74) is 0. The van der Waals surface area contributed by atoms with Gasteiger partial charge in [-0.2, -0.15) is 5.06 Å². The monoisotopic (exact) mass is 163 g/mol. The molecule has 1 rings (SSSR count). The minimum atomic E-state index is -0.509. The molecule has 1 aliphatic rings. The normalized spacial score (nSPS) is 26.8. The van der Waals surface area contributed by atoms with Crippen LogP contribution in [0.15, 0.2) is 0 Å². The number of rotatable bonds is 1. The van der Waals surface area contributed by atoms with Gasteiger partial charge in [-0.25, -0.2) is 4.79 Å². The van der Waals surface area contributed by atoms with Crippen LogP contribution in [0.4, 0.5) is 0 Å². The van der Waals surface area contributed by atoms with Gasteiger partial charge in [0.15, 0.2) is 5.37 Å². The van der Waals surface area contributed by atoms with Gasteiger partial charge in [-0.05, 0) is 0 Å². The van der Waals surface area contributed by atoms with E-state index in [1.54, 1.807) is 0 Å². The first-order valence-electron chi connectivity index (χ1n) is 2.90. The van der Waals surface area contributed by atoms with Gasteiger partial charge in [0, 0.05) is 12.3 Å². The largest absolute Gasteiger partial charge is 0.467 e. The number of carbonyl (C=O) groups excluding carboxylic acids is 1. The summed E-state index contributed by atoms with van der Waals surface area (Å²) in [7, 11) is 1.31. The lowest BCUT2D eigenvalue weighted by Crippen LogP contribution is -2.32. The van der Waals surface area contributed by atoms with Crippen molar-refractivity contribution in [2.75, 3.05) is 19.4 Å². The summed E-state index contributed by atoms with van der Waals surface area (Å²) in [6, 6.07) is 0. The number of hydroxylamine groups is 2. The van der Waals surface area contributed by atoms with Crippen molar-refractivity contribution in [1.82, 2.24) is 5.06 Å². The number of carbonyl (C=O) groups is 1. The maximum atomic E-state index is 10.8. The van der Waals surface area contributed by atoms with Crippen LogP contribution in [0, 0.1) is 0 Å². The lowest BCUT2D eigenvalue weighted by atomic mass is 10.6. The van der Waals surface area contributed by atoms with Gasteiger partial charge >= 0.3 is 5.97 Å². The van der Waals surface area contributed by atoms with Crippen molar-refractivity contribution in [3.63, 3.8) is 0 Å². The fraction of sp³-hybridized carbons (Fsp3) is 0.800. The summed E-state index contributed by atoms with van der Waals surface area (Å²) >= 11 is 1.38. The maximum absolute atomic E-state index is 10.8. The minimum Gasteiger partial charge on any atom is -0.467 e. The number of hydrogen-bond acceptors (Lipinski definition) is 5. The van der Waals surface area contributed by atoms with E-state index in [-0.39, 0.29) is 5.97 Å². The number of esters is 1. The second-order valence-electron chi connectivity index (χ2n) is 1.91. The maximum Gasteiger partial charge on any atom is 0.335 e. The molecule has 0 aromatic carbocycles. The summed E-state index contributed by atoms with van der Waals surface area (Å²) in [5.74, 6) is 0.390. The van der Waals surface area contributed by atoms with E-state index in [0.717, 1.165) is 10.8 Å². The third kappa shape index (κ3) is 1.42. The summed E-state index contributed by atoms with van der Waals surface area (Å²) < 4.78 is 4.44. The lowest BCUT2D eigenvalue weighted by molar-refractivity contribution is -0.158. The summed E-state index contributed by atoms with van der Waals surface area (Å²) in [4.78, 5) is 10.8. The van der Waals surface area contributed by atoms with Gasteiger partial charge in [-0.15, -0.1) is 11.8 Å². The summed E-state index contributed by atoms with van der Waals surface area (Å²) in [6.45, 7) is 0.532. The van der Waals surface area contributed by atoms with Crippen molar-refractivity contribution in [2.24, 2.45) is 0 Å². The standard InChI is InChI=1S/C5H9NO3S/c1-9-5(7)4-6(8)2-3-10-4/h4,8H,2-3H2,1H3. The smallest absolute Gasteiger partial charge is 0.335 e. The average Bonchev–Trinajstić information content (AvgIpc) is 2.34. The minimum absolute atomic E-state index is 0.384. The molecule has 5 heteroatoms. The van der Waals surface area contributed by atoms with Crippen LogP contribution in [0.3, 0.4) is 0 Å². The van der Waals surface area contributed by atoms with Crippen LogP contribution < -0.4 is 0 Å². The van der Waals surface area contributed by atoms with E-state index in [1.165, 1.54) is 18.9 Å². The Balaban J connectivity index is 2.46. The average molecular weight is 163 g/mol. The van der Waals surface area contributed by atoms with Crippen molar-refractivity contribution < 1.29 is 14.7 Å². The molecule has 1 saturated heterocycles. The first-order valence-corrected chi connectivity index (χ1v) is 3.95. The topological polar surface area (TPSA) is 49.8 Å². The van der Waals surface area contributed by atoms with Crippen LogP contribution in [0.2, 0.25) is 0 Å². The van der Waals surface area contributed by atoms with Gasteiger partial charge in [0.1, 0.15) is 0 Å². The Kier molecular flexibility index (Phi) is 2.53. The zero-order chi connectivity index (χ0) is 7.56. The molecule has 10 heavy (non-hydrogen) atoms. The molecule has 1 aliphatic heterocycles. The predicted octanol–water partition coefficient (Wildman–Crippen LogP) is -0.0765. The molecule has 0 amide bonds. The molecule has 1 atom stereocenters. The Hall–Kier alpha value is -0.260. The molecule has 58 valence electrons. The van der Waals surface area contributed by atoms with Gasteiger partial charge in [-0.3, -0.25) is 0 Å². The highest BCUT2D eigenvalue weighted by atomic mass is 32.2. The molecule has 0 aromatic rings. The van der Waals surface area contributed by atoms with Gasteiger partial charge in [0.2, 0.25) is 0 Å². The Bertz CT molecular complexity index is 141. The van der Waals surface area contributed by atoms with E-state index < -0.39 is 5.37 Å². The number of methoxy groups -OCH3 is 1. The number of thioether (sulfide) groups is 1. The molecule has 1 unspecified atom stereocenters. The second-order valence-corrected chi connectivity index (χ2v) is 3.10. The van der Waals surface area contributed by atoms with Crippen molar-refractivity contribution in [3.05, 3.63) is 0 Å². The molecule has 0 aliphatic carbocycles. The zero-order valence-corrected chi connectivity index (χ0v) is 6.43. The quantitative estimate of drug-likeness (QED) is 0.548. The molecule has 1 N–H and O–H groups in total. The molecule has 1 fully saturated rings. The summed E-state index contributed by atoms with van der Waals surface area (Å²) in [5, 5.41) is 9.49. The third-order valence-corrected chi connectivity index (χ3v) is 2.44. The van der Waals surface area contributed by atoms with Gasteiger partial charge in [0.25, 0.3) is 0 Å². The first-order chi connectivity index (χ1) is 4.75. The third-order valence-electron chi connectivity index (χ3n) is 1.27. The van der Waals surface area contributed by atoms with E-state index in [4.69, 9.17) is 5.21 Å². The molecule has 0 bridgehead atoms. The Morgan fingerprint density at radius 2 is 2.60 bits per heavy atom. The Labute approximate surface area is 63.1 Å². The van der Waals surface area contributed by atoms with Crippen LogP contribution in [0.5, 0.6) is 0 Å². The highest BCUT2D eigenvalue weighted by Crippen LogP contribution is 2.21. The second kappa shape index (κ2) is 3.23. The molecule has 1 heterocycles. The molecular weight excluding hydrogens is 154 g/mol. The first kappa shape index (κ1) is 7.84. The predicted molar refractivity (Wildman–Crippen MR) is 36.8 cm³/mol. The Morgan fingerprint density at radius 3 is 3.00 bits per heavy atom. The fourth-order valence-corrected chi connectivity index (χ4v) is 1.78. The highest BCUT2D eigenvalue weighted by Gasteiger charge is 2.30. The molecule has 0 saturated carbocycles. The van der Waals surface area contributed by atoms with E-state index in [2.05, 4.69) is 4.74 Å². The van der Waals surface area contributed by atoms with Crippen molar-refractivity contribution >= 4 is 17.7 Å². The van der Waals surface area contributed by atoms with Gasteiger partial charge in [-0.1, -0.05) is 0 Å². The zero-order valence-electron chi connectivity index (χ0n) is 5.61. The van der Waals surface area contributed by atoms with Crippen LogP contribution >= 0.6 is 11.8 Å². The van der Waals surface area contributed by atoms with Crippen molar-refractivity contribution in [2.45, 2.75) is 5.37 Å². The molecule has 0 aromatic heterocycles. The number of ether oxygens (including phenoxy) is 1. The lowest BCUT2D eigenvalue weighted by Gasteiger charge is -2.12. The molecular formula is C5H9NO3S. The number of nitrogens with zero attached hydrogens (tertiary/aromatic N) is 1. The van der Waals surface area contributed by atoms with Crippen molar-refractivity contribution in [3.8, 4) is 0 Å². The van der Waals surface area contributed by atoms with Crippen molar-refractivity contribution in [1.29, 1.82) is 0 Å². The van der Waals surface area contributed by atoms with E-state index in [1.807, 2.05) is 0 Å². The van der Waals surface area contributed by atoms with E-state index >= 15 is 0 Å². The van der Waals surface area contributed by atoms with E-state index in [9.17, 15) is 4.79 Å². The molecule has 0 spiro atoms. The van der Waals surface area contributed by atoms with Crippen LogP contribution in [-0.2, 0) is 9.53 Å². The van der Waals surface area contributed by atoms with Crippen LogP contribution in [-0.4, -0.2) is 41.0 Å². The highest BCUT2D eigenvalue weighted by molar-refractivity contribution is 8.00.